The molecule has 0 atom stereocenters. The van der Waals surface area contributed by atoms with Gasteiger partial charge < -0.3 is 23.7 Å². The first kappa shape index (κ1) is 25.1. The topological polar surface area (TPSA) is 49.4 Å². The van der Waals surface area contributed by atoms with Crippen LogP contribution in [0.5, 0.6) is 5.75 Å². The van der Waals surface area contributed by atoms with Crippen LogP contribution in [0.4, 0.5) is 0 Å². The van der Waals surface area contributed by atoms with Gasteiger partial charge >= 0.3 is 0 Å². The van der Waals surface area contributed by atoms with Crippen molar-refractivity contribution in [2.45, 2.75) is 38.0 Å². The molecule has 1 aliphatic carbocycles. The lowest BCUT2D eigenvalue weighted by Gasteiger charge is -2.22. The summed E-state index contributed by atoms with van der Waals surface area (Å²) in [5, 5.41) is 0. The molecule has 0 amide bonds. The number of hydrogen-bond donors (Lipinski definition) is 0. The lowest BCUT2D eigenvalue weighted by atomic mass is 9.84. The third-order valence-corrected chi connectivity index (χ3v) is 5.60. The van der Waals surface area contributed by atoms with Gasteiger partial charge in [-0.2, -0.15) is 0 Å². The Kier molecular flexibility index (Phi) is 13.8. The van der Waals surface area contributed by atoms with E-state index < -0.39 is 0 Å². The molecule has 0 aromatic heterocycles. The molecule has 1 fully saturated rings. The molecular weight excluding hydrogens is 382 g/mol. The molecule has 1 aliphatic rings. The van der Waals surface area contributed by atoms with Crippen LogP contribution in [0, 0.1) is 0 Å². The highest BCUT2D eigenvalue weighted by Gasteiger charge is 2.15. The Bertz CT molecular complexity index is 511. The summed E-state index contributed by atoms with van der Waals surface area (Å²) in [7, 11) is 3.44. The van der Waals surface area contributed by atoms with E-state index in [1.807, 2.05) is 0 Å². The molecule has 0 bridgehead atoms. The van der Waals surface area contributed by atoms with E-state index in [1.165, 1.54) is 37.7 Å². The zero-order valence-corrected chi connectivity index (χ0v) is 19.0. The van der Waals surface area contributed by atoms with Crippen molar-refractivity contribution in [2.24, 2.45) is 0 Å². The molecule has 30 heavy (non-hydrogen) atoms. The second-order valence-corrected chi connectivity index (χ2v) is 7.80. The summed E-state index contributed by atoms with van der Waals surface area (Å²) in [6.45, 7) is 7.07. The van der Waals surface area contributed by atoms with E-state index in [4.69, 9.17) is 23.7 Å². The van der Waals surface area contributed by atoms with E-state index in [9.17, 15) is 0 Å². The summed E-state index contributed by atoms with van der Waals surface area (Å²) in [6, 6.07) is 8.63. The summed E-state index contributed by atoms with van der Waals surface area (Å²) >= 11 is 0. The molecule has 0 aliphatic heterocycles. The first-order valence-electron chi connectivity index (χ1n) is 11.4. The van der Waals surface area contributed by atoms with Crippen LogP contribution in [0.15, 0.2) is 24.3 Å². The van der Waals surface area contributed by atoms with Crippen LogP contribution in [-0.4, -0.2) is 85.0 Å². The predicted octanol–water partition coefficient (Wildman–Crippen LogP) is 3.74. The van der Waals surface area contributed by atoms with Gasteiger partial charge in [0.1, 0.15) is 12.4 Å². The molecule has 0 unspecified atom stereocenters. The monoisotopic (exact) mass is 423 g/mol. The van der Waals surface area contributed by atoms with Gasteiger partial charge in [0.25, 0.3) is 0 Å². The van der Waals surface area contributed by atoms with Crippen molar-refractivity contribution in [1.82, 2.24) is 4.90 Å². The Morgan fingerprint density at radius 1 is 0.700 bits per heavy atom. The van der Waals surface area contributed by atoms with Gasteiger partial charge in [0.2, 0.25) is 0 Å². The predicted molar refractivity (Wildman–Crippen MR) is 120 cm³/mol. The van der Waals surface area contributed by atoms with E-state index in [2.05, 4.69) is 29.2 Å². The second kappa shape index (κ2) is 16.5. The minimum Gasteiger partial charge on any atom is -0.491 e. The molecule has 0 spiro atoms. The summed E-state index contributed by atoms with van der Waals surface area (Å²) in [6.07, 6.45) is 6.78. The zero-order chi connectivity index (χ0) is 21.3. The van der Waals surface area contributed by atoms with Crippen molar-refractivity contribution < 1.29 is 23.7 Å². The summed E-state index contributed by atoms with van der Waals surface area (Å²) < 4.78 is 27.4. The molecule has 0 saturated heterocycles. The number of hydrogen-bond acceptors (Lipinski definition) is 6. The van der Waals surface area contributed by atoms with Crippen LogP contribution in [0.2, 0.25) is 0 Å². The maximum absolute atomic E-state index is 5.79. The summed E-state index contributed by atoms with van der Waals surface area (Å²) in [4.78, 5) is 2.28. The largest absolute Gasteiger partial charge is 0.491 e. The van der Waals surface area contributed by atoms with Crippen molar-refractivity contribution in [3.05, 3.63) is 29.8 Å². The Hall–Kier alpha value is -1.18. The number of ether oxygens (including phenoxy) is 5. The maximum atomic E-state index is 5.79. The Morgan fingerprint density at radius 3 is 1.90 bits per heavy atom. The van der Waals surface area contributed by atoms with Crippen LogP contribution >= 0.6 is 0 Å². The number of nitrogens with zero attached hydrogens (tertiary/aromatic N) is 1. The fourth-order valence-corrected chi connectivity index (χ4v) is 3.78. The van der Waals surface area contributed by atoms with Gasteiger partial charge in [-0.1, -0.05) is 31.4 Å². The average molecular weight is 424 g/mol. The van der Waals surface area contributed by atoms with Gasteiger partial charge in [-0.3, -0.25) is 4.90 Å². The molecule has 6 nitrogen and oxygen atoms in total. The molecule has 1 aromatic carbocycles. The molecule has 2 rings (SSSR count). The van der Waals surface area contributed by atoms with E-state index in [0.717, 1.165) is 44.5 Å². The lowest BCUT2D eigenvalue weighted by Crippen LogP contribution is -2.33. The quantitative estimate of drug-likeness (QED) is 0.356. The molecular formula is C24H41NO5. The van der Waals surface area contributed by atoms with Crippen LogP contribution in [0.1, 0.15) is 43.6 Å². The third-order valence-electron chi connectivity index (χ3n) is 5.60. The molecule has 0 N–H and O–H groups in total. The number of benzene rings is 1. The van der Waals surface area contributed by atoms with E-state index in [-0.39, 0.29) is 0 Å². The van der Waals surface area contributed by atoms with Crippen LogP contribution in [0.3, 0.4) is 0 Å². The maximum Gasteiger partial charge on any atom is 0.119 e. The Balaban J connectivity index is 1.46. The van der Waals surface area contributed by atoms with Crippen molar-refractivity contribution in [1.29, 1.82) is 0 Å². The van der Waals surface area contributed by atoms with Gasteiger partial charge in [-0.15, -0.1) is 0 Å². The number of methoxy groups -OCH3 is 2. The fourth-order valence-electron chi connectivity index (χ4n) is 3.78. The summed E-state index contributed by atoms with van der Waals surface area (Å²) in [5.74, 6) is 1.66. The van der Waals surface area contributed by atoms with Crippen molar-refractivity contribution >= 4 is 0 Å². The third kappa shape index (κ3) is 10.7. The van der Waals surface area contributed by atoms with Crippen molar-refractivity contribution in [2.75, 3.05) is 80.1 Å². The first-order chi connectivity index (χ1) is 14.8. The van der Waals surface area contributed by atoms with Crippen LogP contribution < -0.4 is 4.74 Å². The highest BCUT2D eigenvalue weighted by Crippen LogP contribution is 2.33. The van der Waals surface area contributed by atoms with E-state index >= 15 is 0 Å². The van der Waals surface area contributed by atoms with Crippen LogP contribution in [-0.2, 0) is 18.9 Å². The minimum absolute atomic E-state index is 0.560. The Morgan fingerprint density at radius 2 is 1.27 bits per heavy atom. The molecule has 6 heteroatoms. The molecule has 1 aromatic rings. The van der Waals surface area contributed by atoms with Gasteiger partial charge in [0, 0.05) is 33.9 Å². The SMILES string of the molecule is COCCN(CCOC)CCOCCOCCOc1ccc(C2CCCCC2)cc1. The molecule has 172 valence electrons. The van der Waals surface area contributed by atoms with Gasteiger partial charge in [-0.05, 0) is 36.5 Å². The normalized spacial score (nSPS) is 15.0. The van der Waals surface area contributed by atoms with Gasteiger partial charge in [-0.25, -0.2) is 0 Å². The molecule has 0 radical (unpaired) electrons. The highest BCUT2D eigenvalue weighted by atomic mass is 16.5. The molecule has 0 heterocycles. The van der Waals surface area contributed by atoms with Crippen molar-refractivity contribution in [3.8, 4) is 5.75 Å². The van der Waals surface area contributed by atoms with E-state index in [1.54, 1.807) is 14.2 Å². The van der Waals surface area contributed by atoms with E-state index in [0.29, 0.717) is 33.0 Å². The first-order valence-corrected chi connectivity index (χ1v) is 11.4. The van der Waals surface area contributed by atoms with Gasteiger partial charge in [0.15, 0.2) is 0 Å². The Labute approximate surface area is 182 Å². The smallest absolute Gasteiger partial charge is 0.119 e. The van der Waals surface area contributed by atoms with Crippen LogP contribution in [0.25, 0.3) is 0 Å². The van der Waals surface area contributed by atoms with Crippen molar-refractivity contribution in [3.63, 3.8) is 0 Å². The highest BCUT2D eigenvalue weighted by molar-refractivity contribution is 5.29. The lowest BCUT2D eigenvalue weighted by molar-refractivity contribution is 0.0244. The standard InChI is InChI=1S/C24H41NO5/c1-26-15-12-25(13-16-27-2)14-17-28-18-19-29-20-21-30-24-10-8-23(9-11-24)22-6-4-3-5-7-22/h8-11,22H,3-7,12-21H2,1-2H3. The fraction of sp³-hybridized carbons (Fsp3) is 0.750. The average Bonchev–Trinajstić information content (AvgIpc) is 2.80. The second-order valence-electron chi connectivity index (χ2n) is 7.80. The molecule has 1 saturated carbocycles. The number of rotatable bonds is 17. The minimum atomic E-state index is 0.560. The summed E-state index contributed by atoms with van der Waals surface area (Å²) in [5.41, 5.74) is 1.46. The van der Waals surface area contributed by atoms with Gasteiger partial charge in [0.05, 0.1) is 39.6 Å². The zero-order valence-electron chi connectivity index (χ0n) is 19.0.